The lowest BCUT2D eigenvalue weighted by Gasteiger charge is -2.19. The summed E-state index contributed by atoms with van der Waals surface area (Å²) in [7, 11) is 0. The molecule has 6 heteroatoms. The van der Waals surface area contributed by atoms with Crippen molar-refractivity contribution < 1.29 is 22.6 Å². The molecule has 1 unspecified atom stereocenters. The van der Waals surface area contributed by atoms with Gasteiger partial charge in [0.15, 0.2) is 0 Å². The first-order valence-corrected chi connectivity index (χ1v) is 6.13. The number of halogens is 3. The highest BCUT2D eigenvalue weighted by molar-refractivity contribution is 5.30. The predicted molar refractivity (Wildman–Crippen MR) is 66.0 cm³/mol. The van der Waals surface area contributed by atoms with Gasteiger partial charge in [0.1, 0.15) is 5.75 Å². The monoisotopic (exact) mass is 277 g/mol. The van der Waals surface area contributed by atoms with Gasteiger partial charge in [0, 0.05) is 6.61 Å². The molecule has 0 saturated heterocycles. The van der Waals surface area contributed by atoms with Gasteiger partial charge < -0.3 is 14.8 Å². The van der Waals surface area contributed by atoms with Crippen molar-refractivity contribution in [2.45, 2.75) is 26.3 Å². The van der Waals surface area contributed by atoms with Crippen molar-refractivity contribution in [3.05, 3.63) is 29.8 Å². The third-order valence-corrected chi connectivity index (χ3v) is 2.43. The summed E-state index contributed by atoms with van der Waals surface area (Å²) in [6.45, 7) is 5.45. The molecule has 108 valence electrons. The zero-order valence-corrected chi connectivity index (χ0v) is 11.0. The third kappa shape index (κ3) is 5.94. The van der Waals surface area contributed by atoms with Gasteiger partial charge in [-0.2, -0.15) is 0 Å². The first-order valence-electron chi connectivity index (χ1n) is 6.13. The van der Waals surface area contributed by atoms with Crippen molar-refractivity contribution >= 4 is 0 Å². The fourth-order valence-corrected chi connectivity index (χ4v) is 1.68. The molecule has 0 aromatic heterocycles. The van der Waals surface area contributed by atoms with Crippen molar-refractivity contribution in [3.63, 3.8) is 0 Å². The van der Waals surface area contributed by atoms with E-state index in [0.29, 0.717) is 25.3 Å². The van der Waals surface area contributed by atoms with E-state index in [1.54, 1.807) is 6.07 Å². The topological polar surface area (TPSA) is 30.5 Å². The lowest BCUT2D eigenvalue weighted by Crippen LogP contribution is -2.25. The highest BCUT2D eigenvalue weighted by Gasteiger charge is 2.31. The molecule has 0 aliphatic rings. The molecule has 1 aromatic carbocycles. The minimum atomic E-state index is -4.67. The SMILES string of the molecule is CCNC(COCC)c1cccc(OC(F)(F)F)c1. The largest absolute Gasteiger partial charge is 0.573 e. The van der Waals surface area contributed by atoms with Crippen LogP contribution in [0.4, 0.5) is 13.2 Å². The van der Waals surface area contributed by atoms with Gasteiger partial charge in [-0.15, -0.1) is 13.2 Å². The highest BCUT2D eigenvalue weighted by Crippen LogP contribution is 2.25. The number of alkyl halides is 3. The van der Waals surface area contributed by atoms with Gasteiger partial charge in [-0.25, -0.2) is 0 Å². The Labute approximate surface area is 110 Å². The summed E-state index contributed by atoms with van der Waals surface area (Å²) in [4.78, 5) is 0. The average Bonchev–Trinajstić information content (AvgIpc) is 2.32. The second-order valence-corrected chi connectivity index (χ2v) is 3.89. The number of rotatable bonds is 7. The zero-order chi connectivity index (χ0) is 14.3. The summed E-state index contributed by atoms with van der Waals surface area (Å²) in [5.74, 6) is -0.218. The van der Waals surface area contributed by atoms with Crippen LogP contribution in [0.5, 0.6) is 5.75 Å². The zero-order valence-electron chi connectivity index (χ0n) is 11.0. The molecule has 19 heavy (non-hydrogen) atoms. The summed E-state index contributed by atoms with van der Waals surface area (Å²) in [5.41, 5.74) is 0.706. The van der Waals surface area contributed by atoms with E-state index in [2.05, 4.69) is 10.1 Å². The quantitative estimate of drug-likeness (QED) is 0.829. The van der Waals surface area contributed by atoms with Crippen molar-refractivity contribution in [2.75, 3.05) is 19.8 Å². The summed E-state index contributed by atoms with van der Waals surface area (Å²) in [5, 5.41) is 3.16. The van der Waals surface area contributed by atoms with Gasteiger partial charge in [0.05, 0.1) is 12.6 Å². The fourth-order valence-electron chi connectivity index (χ4n) is 1.68. The van der Waals surface area contributed by atoms with Gasteiger partial charge in [0.25, 0.3) is 0 Å². The number of likely N-dealkylation sites (N-methyl/N-ethyl adjacent to an activating group) is 1. The van der Waals surface area contributed by atoms with E-state index < -0.39 is 6.36 Å². The molecule has 3 nitrogen and oxygen atoms in total. The van der Waals surface area contributed by atoms with Gasteiger partial charge in [-0.1, -0.05) is 19.1 Å². The van der Waals surface area contributed by atoms with Crippen LogP contribution in [-0.2, 0) is 4.74 Å². The van der Waals surface area contributed by atoms with E-state index >= 15 is 0 Å². The summed E-state index contributed by atoms with van der Waals surface area (Å²) < 4.78 is 45.7. The van der Waals surface area contributed by atoms with Gasteiger partial charge in [-0.3, -0.25) is 0 Å². The molecule has 0 radical (unpaired) electrons. The van der Waals surface area contributed by atoms with E-state index in [4.69, 9.17) is 4.74 Å². The maximum Gasteiger partial charge on any atom is 0.573 e. The number of ether oxygens (including phenoxy) is 2. The Bertz CT molecular complexity index is 382. The van der Waals surface area contributed by atoms with E-state index in [1.165, 1.54) is 18.2 Å². The molecule has 0 saturated carbocycles. The Hall–Kier alpha value is -1.27. The minimum absolute atomic E-state index is 0.151. The highest BCUT2D eigenvalue weighted by atomic mass is 19.4. The molecular weight excluding hydrogens is 259 g/mol. The Kier molecular flexibility index (Phi) is 6.11. The Morgan fingerprint density at radius 2 is 2.00 bits per heavy atom. The number of hydrogen-bond donors (Lipinski definition) is 1. The van der Waals surface area contributed by atoms with Crippen molar-refractivity contribution in [2.24, 2.45) is 0 Å². The first-order chi connectivity index (χ1) is 8.96. The molecule has 0 bridgehead atoms. The van der Waals surface area contributed by atoms with Crippen LogP contribution in [0.25, 0.3) is 0 Å². The van der Waals surface area contributed by atoms with Crippen molar-refractivity contribution in [1.82, 2.24) is 5.32 Å². The molecule has 1 N–H and O–H groups in total. The van der Waals surface area contributed by atoms with Crippen LogP contribution in [0.3, 0.4) is 0 Å². The van der Waals surface area contributed by atoms with E-state index in [1.807, 2.05) is 13.8 Å². The smallest absolute Gasteiger partial charge is 0.406 e. The maximum absolute atomic E-state index is 12.2. The molecule has 1 atom stereocenters. The van der Waals surface area contributed by atoms with Gasteiger partial charge >= 0.3 is 6.36 Å². The minimum Gasteiger partial charge on any atom is -0.406 e. The van der Waals surface area contributed by atoms with E-state index in [-0.39, 0.29) is 11.8 Å². The van der Waals surface area contributed by atoms with Crippen LogP contribution in [0.15, 0.2) is 24.3 Å². The Balaban J connectivity index is 2.81. The number of benzene rings is 1. The molecule has 1 aromatic rings. The Morgan fingerprint density at radius 3 is 2.58 bits per heavy atom. The summed E-state index contributed by atoms with van der Waals surface area (Å²) in [6.07, 6.45) is -4.67. The van der Waals surface area contributed by atoms with E-state index in [0.717, 1.165) is 0 Å². The molecule has 1 rings (SSSR count). The molecule has 0 amide bonds. The number of hydrogen-bond acceptors (Lipinski definition) is 3. The maximum atomic E-state index is 12.2. The van der Waals surface area contributed by atoms with E-state index in [9.17, 15) is 13.2 Å². The van der Waals surface area contributed by atoms with Crippen molar-refractivity contribution in [1.29, 1.82) is 0 Å². The molecule has 0 fully saturated rings. The average molecular weight is 277 g/mol. The molecule has 0 aliphatic heterocycles. The summed E-state index contributed by atoms with van der Waals surface area (Å²) in [6, 6.07) is 5.78. The third-order valence-electron chi connectivity index (χ3n) is 2.43. The normalized spacial score (nSPS) is 13.3. The standard InChI is InChI=1S/C13H18F3NO2/c1-3-17-12(9-18-4-2)10-6-5-7-11(8-10)19-13(14,15)16/h5-8,12,17H,3-4,9H2,1-2H3. The molecular formula is C13H18F3NO2. The lowest BCUT2D eigenvalue weighted by atomic mass is 10.1. The van der Waals surface area contributed by atoms with Crippen LogP contribution in [0.1, 0.15) is 25.5 Å². The molecule has 0 heterocycles. The van der Waals surface area contributed by atoms with Crippen molar-refractivity contribution in [3.8, 4) is 5.75 Å². The second kappa shape index (κ2) is 7.35. The predicted octanol–water partition coefficient (Wildman–Crippen LogP) is 3.27. The van der Waals surface area contributed by atoms with Gasteiger partial charge in [0.2, 0.25) is 0 Å². The van der Waals surface area contributed by atoms with Crippen LogP contribution >= 0.6 is 0 Å². The Morgan fingerprint density at radius 1 is 1.26 bits per heavy atom. The molecule has 0 spiro atoms. The first kappa shape index (κ1) is 15.8. The van der Waals surface area contributed by atoms with Crippen LogP contribution in [0.2, 0.25) is 0 Å². The van der Waals surface area contributed by atoms with Crippen LogP contribution < -0.4 is 10.1 Å². The second-order valence-electron chi connectivity index (χ2n) is 3.89. The van der Waals surface area contributed by atoms with Crippen LogP contribution in [-0.4, -0.2) is 26.1 Å². The van der Waals surface area contributed by atoms with Gasteiger partial charge in [-0.05, 0) is 31.2 Å². The lowest BCUT2D eigenvalue weighted by molar-refractivity contribution is -0.274. The fraction of sp³-hybridized carbons (Fsp3) is 0.538. The molecule has 0 aliphatic carbocycles. The van der Waals surface area contributed by atoms with Crippen LogP contribution in [0, 0.1) is 0 Å². The summed E-state index contributed by atoms with van der Waals surface area (Å²) >= 11 is 0. The number of nitrogens with one attached hydrogen (secondary N) is 1.